The molecule has 106 valence electrons. The van der Waals surface area contributed by atoms with Gasteiger partial charge in [0, 0.05) is 24.3 Å². The highest BCUT2D eigenvalue weighted by Gasteiger charge is 2.23. The van der Waals surface area contributed by atoms with Crippen molar-refractivity contribution in [2.75, 3.05) is 0 Å². The molecule has 1 saturated carbocycles. The summed E-state index contributed by atoms with van der Waals surface area (Å²) in [6.45, 7) is 4.41. The summed E-state index contributed by atoms with van der Waals surface area (Å²) in [5, 5.41) is 0. The molecule has 1 nitrogen and oxygen atoms in total. The van der Waals surface area contributed by atoms with Gasteiger partial charge in [0.25, 0.3) is 0 Å². The summed E-state index contributed by atoms with van der Waals surface area (Å²) in [6, 6.07) is 8.48. The third-order valence-electron chi connectivity index (χ3n) is 4.08. The van der Waals surface area contributed by atoms with Crippen molar-refractivity contribution in [3.8, 4) is 11.8 Å². The van der Waals surface area contributed by atoms with Gasteiger partial charge in [0.1, 0.15) is 5.78 Å². The summed E-state index contributed by atoms with van der Waals surface area (Å²) in [6.07, 6.45) is 6.16. The number of hydrogen-bond acceptors (Lipinski definition) is 1. The molecule has 2 atom stereocenters. The Bertz CT molecular complexity index is 501. The van der Waals surface area contributed by atoms with Gasteiger partial charge in [-0.1, -0.05) is 50.7 Å². The summed E-state index contributed by atoms with van der Waals surface area (Å²) in [5.41, 5.74) is 2.38. The molecule has 20 heavy (non-hydrogen) atoms. The van der Waals surface area contributed by atoms with Crippen LogP contribution in [0.15, 0.2) is 24.3 Å². The minimum Gasteiger partial charge on any atom is -0.300 e. The zero-order chi connectivity index (χ0) is 14.4. The maximum absolute atomic E-state index is 11.3. The first-order valence-electron chi connectivity index (χ1n) is 7.82. The zero-order valence-corrected chi connectivity index (χ0v) is 12.6. The molecule has 2 rings (SSSR count). The van der Waals surface area contributed by atoms with Gasteiger partial charge in [-0.25, -0.2) is 0 Å². The van der Waals surface area contributed by atoms with Crippen molar-refractivity contribution in [1.29, 1.82) is 0 Å². The largest absolute Gasteiger partial charge is 0.300 e. The topological polar surface area (TPSA) is 17.1 Å². The van der Waals surface area contributed by atoms with Crippen LogP contribution in [0, 0.1) is 17.8 Å². The summed E-state index contributed by atoms with van der Waals surface area (Å²) in [4.78, 5) is 11.3. The van der Waals surface area contributed by atoms with Gasteiger partial charge >= 0.3 is 0 Å². The first-order chi connectivity index (χ1) is 9.69. The summed E-state index contributed by atoms with van der Waals surface area (Å²) >= 11 is 0. The molecule has 0 aliphatic heterocycles. The number of carbonyl (C=O) groups excluding carboxylic acids is 1. The Morgan fingerprint density at radius 3 is 2.65 bits per heavy atom. The van der Waals surface area contributed by atoms with E-state index < -0.39 is 0 Å². The molecule has 1 fully saturated rings. The first-order valence-corrected chi connectivity index (χ1v) is 7.82. The number of benzene rings is 1. The Morgan fingerprint density at radius 1 is 1.30 bits per heavy atom. The highest BCUT2D eigenvalue weighted by atomic mass is 16.1. The summed E-state index contributed by atoms with van der Waals surface area (Å²) < 4.78 is 0. The van der Waals surface area contributed by atoms with Gasteiger partial charge in [-0.2, -0.15) is 0 Å². The standard InChI is InChI=1S/C19H24O/c1-3-4-5-15(2)6-7-16-8-10-17(11-9-16)18-12-13-19(20)14-18/h8-11,15,18H,3-5,12-14H2,1-2H3. The molecule has 2 unspecified atom stereocenters. The molecular formula is C19H24O. The quantitative estimate of drug-likeness (QED) is 0.723. The van der Waals surface area contributed by atoms with Crippen LogP contribution in [-0.2, 0) is 4.79 Å². The van der Waals surface area contributed by atoms with Crippen LogP contribution in [-0.4, -0.2) is 5.78 Å². The normalized spacial score (nSPS) is 19.5. The van der Waals surface area contributed by atoms with Gasteiger partial charge in [0.2, 0.25) is 0 Å². The van der Waals surface area contributed by atoms with Crippen LogP contribution >= 0.6 is 0 Å². The molecule has 0 saturated heterocycles. The van der Waals surface area contributed by atoms with Crippen molar-refractivity contribution >= 4 is 5.78 Å². The van der Waals surface area contributed by atoms with E-state index in [1.165, 1.54) is 24.8 Å². The van der Waals surface area contributed by atoms with Gasteiger partial charge in [-0.15, -0.1) is 0 Å². The second kappa shape index (κ2) is 7.29. The van der Waals surface area contributed by atoms with E-state index in [1.54, 1.807) is 0 Å². The van der Waals surface area contributed by atoms with Gasteiger partial charge in [0.15, 0.2) is 0 Å². The summed E-state index contributed by atoms with van der Waals surface area (Å²) in [5.74, 6) is 7.91. The number of rotatable bonds is 4. The molecule has 0 amide bonds. The number of carbonyl (C=O) groups is 1. The van der Waals surface area contributed by atoms with Crippen LogP contribution in [0.25, 0.3) is 0 Å². The molecule has 1 aliphatic carbocycles. The fourth-order valence-corrected chi connectivity index (χ4v) is 2.73. The lowest BCUT2D eigenvalue weighted by atomic mass is 9.96. The number of ketones is 1. The average Bonchev–Trinajstić information content (AvgIpc) is 2.90. The monoisotopic (exact) mass is 268 g/mol. The van der Waals surface area contributed by atoms with E-state index in [0.717, 1.165) is 24.8 Å². The third kappa shape index (κ3) is 4.23. The Balaban J connectivity index is 1.95. The molecule has 1 aromatic rings. The minimum absolute atomic E-state index is 0.406. The Morgan fingerprint density at radius 2 is 2.05 bits per heavy atom. The number of hydrogen-bond donors (Lipinski definition) is 0. The van der Waals surface area contributed by atoms with Crippen LogP contribution in [0.3, 0.4) is 0 Å². The van der Waals surface area contributed by atoms with Crippen LogP contribution in [0.2, 0.25) is 0 Å². The summed E-state index contributed by atoms with van der Waals surface area (Å²) in [7, 11) is 0. The van der Waals surface area contributed by atoms with E-state index in [1.807, 2.05) is 0 Å². The van der Waals surface area contributed by atoms with E-state index in [0.29, 0.717) is 17.6 Å². The fraction of sp³-hybridized carbons (Fsp3) is 0.526. The van der Waals surface area contributed by atoms with Gasteiger partial charge < -0.3 is 0 Å². The van der Waals surface area contributed by atoms with Crippen LogP contribution in [0.1, 0.15) is 69.4 Å². The van der Waals surface area contributed by atoms with E-state index >= 15 is 0 Å². The van der Waals surface area contributed by atoms with E-state index in [4.69, 9.17) is 0 Å². The maximum Gasteiger partial charge on any atom is 0.133 e. The van der Waals surface area contributed by atoms with Crippen molar-refractivity contribution in [1.82, 2.24) is 0 Å². The predicted octanol–water partition coefficient (Wildman–Crippen LogP) is 4.70. The number of Topliss-reactive ketones (excluding diaryl/α,β-unsaturated/α-hetero) is 1. The van der Waals surface area contributed by atoms with E-state index in [-0.39, 0.29) is 0 Å². The third-order valence-corrected chi connectivity index (χ3v) is 4.08. The highest BCUT2D eigenvalue weighted by Crippen LogP contribution is 2.31. The van der Waals surface area contributed by atoms with Crippen molar-refractivity contribution in [2.24, 2.45) is 5.92 Å². The Hall–Kier alpha value is -1.55. The minimum atomic E-state index is 0.406. The van der Waals surface area contributed by atoms with Crippen LogP contribution in [0.5, 0.6) is 0 Å². The molecule has 0 spiro atoms. The van der Waals surface area contributed by atoms with Crippen LogP contribution in [0.4, 0.5) is 0 Å². The molecule has 0 bridgehead atoms. The van der Waals surface area contributed by atoms with E-state index in [2.05, 4.69) is 50.0 Å². The molecule has 0 aromatic heterocycles. The first kappa shape index (κ1) is 14.9. The van der Waals surface area contributed by atoms with Gasteiger partial charge in [-0.05, 0) is 36.5 Å². The van der Waals surface area contributed by atoms with E-state index in [9.17, 15) is 4.79 Å². The second-order valence-electron chi connectivity index (χ2n) is 5.91. The molecule has 1 aliphatic rings. The molecule has 1 heteroatoms. The second-order valence-corrected chi connectivity index (χ2v) is 5.91. The molecule has 0 heterocycles. The van der Waals surface area contributed by atoms with Crippen LogP contribution < -0.4 is 0 Å². The van der Waals surface area contributed by atoms with Gasteiger partial charge in [-0.3, -0.25) is 4.79 Å². The smallest absolute Gasteiger partial charge is 0.133 e. The lowest BCUT2D eigenvalue weighted by Gasteiger charge is -2.08. The average molecular weight is 268 g/mol. The lowest BCUT2D eigenvalue weighted by molar-refractivity contribution is -0.117. The van der Waals surface area contributed by atoms with Crippen molar-refractivity contribution < 1.29 is 4.79 Å². The fourth-order valence-electron chi connectivity index (χ4n) is 2.73. The van der Waals surface area contributed by atoms with Crippen molar-refractivity contribution in [3.05, 3.63) is 35.4 Å². The lowest BCUT2D eigenvalue weighted by Crippen LogP contribution is -1.94. The van der Waals surface area contributed by atoms with Crippen molar-refractivity contribution in [2.45, 2.75) is 58.3 Å². The predicted molar refractivity (Wildman–Crippen MR) is 83.6 cm³/mol. The number of unbranched alkanes of at least 4 members (excludes halogenated alkanes) is 1. The zero-order valence-electron chi connectivity index (χ0n) is 12.6. The molecule has 0 N–H and O–H groups in total. The van der Waals surface area contributed by atoms with Gasteiger partial charge in [0.05, 0.1) is 0 Å². The maximum atomic E-state index is 11.3. The SMILES string of the molecule is CCCCC(C)C#Cc1ccc(C2CCC(=O)C2)cc1. The molecular weight excluding hydrogens is 244 g/mol. The Kier molecular flexibility index (Phi) is 5.41. The highest BCUT2D eigenvalue weighted by molar-refractivity contribution is 5.81. The van der Waals surface area contributed by atoms with Crippen molar-refractivity contribution in [3.63, 3.8) is 0 Å². The molecule has 1 aromatic carbocycles. The Labute approximate surface area is 122 Å². The molecule has 0 radical (unpaired) electrons.